The fourth-order valence-electron chi connectivity index (χ4n) is 2.40. The highest BCUT2D eigenvalue weighted by molar-refractivity contribution is 5.18. The molecule has 1 aliphatic rings. The van der Waals surface area contributed by atoms with E-state index in [1.807, 2.05) is 19.2 Å². The lowest BCUT2D eigenvalue weighted by Crippen LogP contribution is -2.33. The predicted molar refractivity (Wildman–Crippen MR) is 67.8 cm³/mol. The van der Waals surface area contributed by atoms with Crippen LogP contribution in [0.25, 0.3) is 0 Å². The van der Waals surface area contributed by atoms with Crippen LogP contribution in [0.1, 0.15) is 23.7 Å². The summed E-state index contributed by atoms with van der Waals surface area (Å²) in [5.41, 5.74) is 8.15. The molecule has 1 aliphatic heterocycles. The molecular weight excluding hydrogens is 214 g/mol. The number of rotatable bonds is 4. The summed E-state index contributed by atoms with van der Waals surface area (Å²) in [7, 11) is 1.78. The first kappa shape index (κ1) is 12.5. The maximum absolute atomic E-state index is 5.90. The molecule has 0 aromatic carbocycles. The minimum Gasteiger partial charge on any atom is -0.380 e. The molecule has 1 aromatic rings. The molecule has 2 heterocycles. The van der Waals surface area contributed by atoms with E-state index in [-0.39, 0.29) is 6.04 Å². The fraction of sp³-hybridized carbons (Fsp3) is 0.615. The number of methoxy groups -OCH3 is 1. The third-order valence-corrected chi connectivity index (χ3v) is 3.49. The lowest BCUT2D eigenvalue weighted by atomic mass is 10.1. The average molecular weight is 235 g/mol. The first-order valence-corrected chi connectivity index (χ1v) is 6.14. The van der Waals surface area contributed by atoms with Crippen LogP contribution >= 0.6 is 0 Å². The molecule has 2 atom stereocenters. The lowest BCUT2D eigenvalue weighted by molar-refractivity contribution is 0.101. The lowest BCUT2D eigenvalue weighted by Gasteiger charge is -2.26. The standard InChI is InChI=1S/C13H21N3O/c1-10-3-4-11(8-15-10)13(7-14)16-6-5-12(9-16)17-2/h3-4,8,12-13H,5-7,9,14H2,1-2H3. The van der Waals surface area contributed by atoms with Gasteiger partial charge in [0.05, 0.1) is 6.10 Å². The van der Waals surface area contributed by atoms with E-state index in [0.717, 1.165) is 25.2 Å². The fourth-order valence-corrected chi connectivity index (χ4v) is 2.40. The van der Waals surface area contributed by atoms with E-state index in [0.29, 0.717) is 12.6 Å². The van der Waals surface area contributed by atoms with Crippen LogP contribution in [0, 0.1) is 6.92 Å². The number of aromatic nitrogens is 1. The summed E-state index contributed by atoms with van der Waals surface area (Å²) < 4.78 is 5.39. The van der Waals surface area contributed by atoms with Gasteiger partial charge in [0, 0.05) is 44.7 Å². The first-order chi connectivity index (χ1) is 8.24. The maximum Gasteiger partial charge on any atom is 0.0710 e. The second-order valence-electron chi connectivity index (χ2n) is 4.63. The van der Waals surface area contributed by atoms with Crippen LogP contribution < -0.4 is 5.73 Å². The van der Waals surface area contributed by atoms with Gasteiger partial charge in [-0.2, -0.15) is 0 Å². The van der Waals surface area contributed by atoms with E-state index in [2.05, 4.69) is 16.0 Å². The van der Waals surface area contributed by atoms with Crippen molar-refractivity contribution >= 4 is 0 Å². The molecule has 0 spiro atoms. The highest BCUT2D eigenvalue weighted by Crippen LogP contribution is 2.24. The Balaban J connectivity index is 2.08. The smallest absolute Gasteiger partial charge is 0.0710 e. The third kappa shape index (κ3) is 2.83. The molecule has 2 N–H and O–H groups in total. The molecule has 0 aliphatic carbocycles. The number of hydrogen-bond acceptors (Lipinski definition) is 4. The largest absolute Gasteiger partial charge is 0.380 e. The Bertz CT molecular complexity index is 352. The van der Waals surface area contributed by atoms with Crippen molar-refractivity contribution in [1.29, 1.82) is 0 Å². The highest BCUT2D eigenvalue weighted by atomic mass is 16.5. The van der Waals surface area contributed by atoms with E-state index in [1.54, 1.807) is 7.11 Å². The quantitative estimate of drug-likeness (QED) is 0.849. The van der Waals surface area contributed by atoms with Crippen molar-refractivity contribution < 1.29 is 4.74 Å². The van der Waals surface area contributed by atoms with Gasteiger partial charge in [0.2, 0.25) is 0 Å². The van der Waals surface area contributed by atoms with Gasteiger partial charge >= 0.3 is 0 Å². The topological polar surface area (TPSA) is 51.4 Å². The summed E-state index contributed by atoms with van der Waals surface area (Å²) in [6.07, 6.45) is 3.38. The Kier molecular flexibility index (Phi) is 4.10. The summed E-state index contributed by atoms with van der Waals surface area (Å²) >= 11 is 0. The van der Waals surface area contributed by atoms with E-state index in [9.17, 15) is 0 Å². The maximum atomic E-state index is 5.90. The van der Waals surface area contributed by atoms with Crippen LogP contribution in [-0.2, 0) is 4.74 Å². The first-order valence-electron chi connectivity index (χ1n) is 6.14. The number of pyridine rings is 1. The Morgan fingerprint density at radius 2 is 2.41 bits per heavy atom. The van der Waals surface area contributed by atoms with Crippen LogP contribution in [0.4, 0.5) is 0 Å². The molecule has 1 aromatic heterocycles. The molecule has 4 nitrogen and oxygen atoms in total. The van der Waals surface area contributed by atoms with Gasteiger partial charge in [-0.05, 0) is 25.0 Å². The normalized spacial score (nSPS) is 22.9. The van der Waals surface area contributed by atoms with Gasteiger partial charge in [-0.15, -0.1) is 0 Å². The highest BCUT2D eigenvalue weighted by Gasteiger charge is 2.28. The predicted octanol–water partition coefficient (Wildman–Crippen LogP) is 1.11. The van der Waals surface area contributed by atoms with Gasteiger partial charge in [0.25, 0.3) is 0 Å². The van der Waals surface area contributed by atoms with Gasteiger partial charge in [0.15, 0.2) is 0 Å². The van der Waals surface area contributed by atoms with Crippen molar-refractivity contribution in [3.63, 3.8) is 0 Å². The summed E-state index contributed by atoms with van der Waals surface area (Å²) in [5.74, 6) is 0. The molecular formula is C13H21N3O. The van der Waals surface area contributed by atoms with Crippen molar-refractivity contribution in [1.82, 2.24) is 9.88 Å². The van der Waals surface area contributed by atoms with Crippen LogP contribution in [0.3, 0.4) is 0 Å². The Labute approximate surface area is 103 Å². The van der Waals surface area contributed by atoms with Crippen LogP contribution in [-0.4, -0.2) is 42.7 Å². The number of aryl methyl sites for hydroxylation is 1. The van der Waals surface area contributed by atoms with Crippen LogP contribution in [0.15, 0.2) is 18.3 Å². The molecule has 0 saturated carbocycles. The van der Waals surface area contributed by atoms with Crippen LogP contribution in [0.5, 0.6) is 0 Å². The van der Waals surface area contributed by atoms with Crippen molar-refractivity contribution in [2.24, 2.45) is 5.73 Å². The van der Waals surface area contributed by atoms with Gasteiger partial charge in [0.1, 0.15) is 0 Å². The summed E-state index contributed by atoms with van der Waals surface area (Å²) in [4.78, 5) is 6.73. The molecule has 94 valence electrons. The van der Waals surface area contributed by atoms with Gasteiger partial charge in [-0.3, -0.25) is 9.88 Å². The van der Waals surface area contributed by atoms with Crippen LogP contribution in [0.2, 0.25) is 0 Å². The number of ether oxygens (including phenoxy) is 1. The zero-order valence-corrected chi connectivity index (χ0v) is 10.6. The average Bonchev–Trinajstić information content (AvgIpc) is 2.81. The zero-order valence-electron chi connectivity index (χ0n) is 10.6. The monoisotopic (exact) mass is 235 g/mol. The van der Waals surface area contributed by atoms with E-state index >= 15 is 0 Å². The molecule has 0 radical (unpaired) electrons. The minimum atomic E-state index is 0.267. The Morgan fingerprint density at radius 3 is 2.94 bits per heavy atom. The molecule has 0 bridgehead atoms. The van der Waals surface area contributed by atoms with E-state index < -0.39 is 0 Å². The number of hydrogen-bond donors (Lipinski definition) is 1. The Morgan fingerprint density at radius 1 is 1.59 bits per heavy atom. The second-order valence-corrected chi connectivity index (χ2v) is 4.63. The van der Waals surface area contributed by atoms with Gasteiger partial charge in [-0.25, -0.2) is 0 Å². The molecule has 1 saturated heterocycles. The number of nitrogens with two attached hydrogens (primary N) is 1. The van der Waals surface area contributed by atoms with E-state index in [4.69, 9.17) is 10.5 Å². The number of likely N-dealkylation sites (tertiary alicyclic amines) is 1. The van der Waals surface area contributed by atoms with Gasteiger partial charge in [-0.1, -0.05) is 6.07 Å². The van der Waals surface area contributed by atoms with Crippen molar-refractivity contribution in [2.45, 2.75) is 25.5 Å². The molecule has 17 heavy (non-hydrogen) atoms. The van der Waals surface area contributed by atoms with Crippen molar-refractivity contribution in [3.8, 4) is 0 Å². The summed E-state index contributed by atoms with van der Waals surface area (Å²) in [5, 5.41) is 0. The van der Waals surface area contributed by atoms with Gasteiger partial charge < -0.3 is 10.5 Å². The van der Waals surface area contributed by atoms with Crippen molar-refractivity contribution in [3.05, 3.63) is 29.6 Å². The third-order valence-electron chi connectivity index (χ3n) is 3.49. The minimum absolute atomic E-state index is 0.267. The second kappa shape index (κ2) is 5.58. The Hall–Kier alpha value is -0.970. The molecule has 2 rings (SSSR count). The van der Waals surface area contributed by atoms with Crippen molar-refractivity contribution in [2.75, 3.05) is 26.7 Å². The SMILES string of the molecule is COC1CCN(C(CN)c2ccc(C)nc2)C1. The zero-order chi connectivity index (χ0) is 12.3. The molecule has 2 unspecified atom stereocenters. The molecule has 0 amide bonds. The summed E-state index contributed by atoms with van der Waals surface area (Å²) in [6.45, 7) is 4.64. The molecule has 1 fully saturated rings. The number of nitrogens with zero attached hydrogens (tertiary/aromatic N) is 2. The van der Waals surface area contributed by atoms with E-state index in [1.165, 1.54) is 5.56 Å². The molecule has 4 heteroatoms. The summed E-state index contributed by atoms with van der Waals surface area (Å²) in [6, 6.07) is 4.44.